The van der Waals surface area contributed by atoms with E-state index in [-0.39, 0.29) is 24.7 Å². The van der Waals surface area contributed by atoms with Crippen molar-refractivity contribution < 1.29 is 24.5 Å². The summed E-state index contributed by atoms with van der Waals surface area (Å²) in [5.41, 5.74) is 5.44. The number of fused-ring (bicyclic) bond motifs is 4. The summed E-state index contributed by atoms with van der Waals surface area (Å²) in [6.45, 7) is 0.100. The van der Waals surface area contributed by atoms with Crippen molar-refractivity contribution in [2.75, 3.05) is 6.61 Å². The molecule has 3 aromatic carbocycles. The number of benzene rings is 3. The molecule has 1 aromatic heterocycles. The standard InChI is InChI=1S/C27H22N2O5/c30-24-11-5-6-17-12-16(14-28-25(17)24)13-23(26(31)32)29-27(33)34-15-22-20-9-3-1-7-18(20)19-8-2-4-10-21(19)22/h1-12,14,22-23,30H,13,15H2,(H,29,33)(H,31,32). The van der Waals surface area contributed by atoms with E-state index in [2.05, 4.69) is 10.3 Å². The number of aliphatic carboxylic acids is 1. The molecule has 34 heavy (non-hydrogen) atoms. The summed E-state index contributed by atoms with van der Waals surface area (Å²) < 4.78 is 5.48. The first-order chi connectivity index (χ1) is 16.5. The van der Waals surface area contributed by atoms with Crippen LogP contribution in [0.15, 0.2) is 79.0 Å². The smallest absolute Gasteiger partial charge is 0.407 e. The number of carboxylic acids is 1. The maximum absolute atomic E-state index is 12.5. The zero-order chi connectivity index (χ0) is 23.7. The second-order valence-corrected chi connectivity index (χ2v) is 8.26. The average molecular weight is 454 g/mol. The highest BCUT2D eigenvalue weighted by Crippen LogP contribution is 2.44. The number of hydrogen-bond acceptors (Lipinski definition) is 5. The van der Waals surface area contributed by atoms with E-state index in [4.69, 9.17) is 4.74 Å². The Labute approximate surface area is 195 Å². The SMILES string of the molecule is O=C(NC(Cc1cnc2c(O)cccc2c1)C(=O)O)OCC1c2ccccc2-c2ccccc21. The quantitative estimate of drug-likeness (QED) is 0.397. The van der Waals surface area contributed by atoms with Crippen LogP contribution >= 0.6 is 0 Å². The van der Waals surface area contributed by atoms with Gasteiger partial charge in [0, 0.05) is 23.9 Å². The van der Waals surface area contributed by atoms with E-state index < -0.39 is 18.1 Å². The summed E-state index contributed by atoms with van der Waals surface area (Å²) in [6, 6.07) is 21.6. The molecule has 170 valence electrons. The van der Waals surface area contributed by atoms with Gasteiger partial charge in [-0.1, -0.05) is 60.7 Å². The Hall–Kier alpha value is -4.39. The van der Waals surface area contributed by atoms with Gasteiger partial charge in [-0.25, -0.2) is 9.59 Å². The van der Waals surface area contributed by atoms with Crippen molar-refractivity contribution in [2.45, 2.75) is 18.4 Å². The van der Waals surface area contributed by atoms with Gasteiger partial charge >= 0.3 is 12.1 Å². The summed E-state index contributed by atoms with van der Waals surface area (Å²) in [5, 5.41) is 22.7. The number of amides is 1. The molecule has 4 aromatic rings. The van der Waals surface area contributed by atoms with Gasteiger partial charge < -0.3 is 20.3 Å². The fourth-order valence-corrected chi connectivity index (χ4v) is 4.52. The van der Waals surface area contributed by atoms with Crippen molar-refractivity contribution in [2.24, 2.45) is 0 Å². The molecule has 0 saturated heterocycles. The number of carbonyl (C=O) groups excluding carboxylic acids is 1. The molecule has 0 aliphatic heterocycles. The number of hydrogen-bond donors (Lipinski definition) is 3. The van der Waals surface area contributed by atoms with E-state index in [1.54, 1.807) is 18.2 Å². The molecule has 0 saturated carbocycles. The lowest BCUT2D eigenvalue weighted by atomic mass is 9.98. The van der Waals surface area contributed by atoms with Crippen molar-refractivity contribution in [3.8, 4) is 16.9 Å². The van der Waals surface area contributed by atoms with E-state index >= 15 is 0 Å². The molecular weight excluding hydrogens is 432 g/mol. The lowest BCUT2D eigenvalue weighted by molar-refractivity contribution is -0.139. The lowest BCUT2D eigenvalue weighted by Gasteiger charge is -2.17. The van der Waals surface area contributed by atoms with Crippen LogP contribution in [0.2, 0.25) is 0 Å². The van der Waals surface area contributed by atoms with Gasteiger partial charge in [0.2, 0.25) is 0 Å². The number of nitrogens with zero attached hydrogens (tertiary/aromatic N) is 1. The summed E-state index contributed by atoms with van der Waals surface area (Å²) in [6.07, 6.45) is 0.732. The third-order valence-electron chi connectivity index (χ3n) is 6.12. The zero-order valence-corrected chi connectivity index (χ0v) is 18.1. The predicted molar refractivity (Wildman–Crippen MR) is 127 cm³/mol. The number of phenols is 1. The van der Waals surface area contributed by atoms with Crippen molar-refractivity contribution in [1.29, 1.82) is 0 Å². The van der Waals surface area contributed by atoms with Crippen LogP contribution in [0.4, 0.5) is 4.79 Å². The number of aromatic hydroxyl groups is 1. The highest BCUT2D eigenvalue weighted by Gasteiger charge is 2.29. The molecule has 0 spiro atoms. The number of carbonyl (C=O) groups is 2. The van der Waals surface area contributed by atoms with Crippen LogP contribution < -0.4 is 5.32 Å². The van der Waals surface area contributed by atoms with Crippen LogP contribution in [0.25, 0.3) is 22.0 Å². The number of para-hydroxylation sites is 1. The van der Waals surface area contributed by atoms with Crippen LogP contribution in [0.3, 0.4) is 0 Å². The molecule has 1 amide bonds. The number of nitrogens with one attached hydrogen (secondary N) is 1. The van der Waals surface area contributed by atoms with Crippen LogP contribution in [0.5, 0.6) is 5.75 Å². The lowest BCUT2D eigenvalue weighted by Crippen LogP contribution is -2.42. The van der Waals surface area contributed by atoms with Crippen molar-refractivity contribution >= 4 is 23.0 Å². The van der Waals surface area contributed by atoms with Crippen molar-refractivity contribution in [3.05, 3.63) is 95.7 Å². The first-order valence-corrected chi connectivity index (χ1v) is 10.9. The first kappa shape index (κ1) is 21.5. The van der Waals surface area contributed by atoms with Gasteiger partial charge in [0.05, 0.1) is 0 Å². The topological polar surface area (TPSA) is 109 Å². The Bertz CT molecular complexity index is 1360. The summed E-state index contributed by atoms with van der Waals surface area (Å²) in [7, 11) is 0. The molecule has 0 fully saturated rings. The van der Waals surface area contributed by atoms with Gasteiger partial charge in [-0.15, -0.1) is 0 Å². The number of ether oxygens (including phenoxy) is 1. The first-order valence-electron chi connectivity index (χ1n) is 10.9. The Morgan fingerprint density at radius 1 is 0.971 bits per heavy atom. The molecule has 1 heterocycles. The number of phenolic OH excluding ortho intramolecular Hbond substituents is 1. The number of pyridine rings is 1. The Balaban J connectivity index is 1.27. The fourth-order valence-electron chi connectivity index (χ4n) is 4.52. The van der Waals surface area contributed by atoms with E-state index in [1.807, 2.05) is 48.5 Å². The normalized spacial score (nSPS) is 13.2. The predicted octanol–water partition coefficient (Wildman–Crippen LogP) is 4.47. The summed E-state index contributed by atoms with van der Waals surface area (Å²) in [5.74, 6) is -1.24. The van der Waals surface area contributed by atoms with Gasteiger partial charge in [-0.2, -0.15) is 0 Å². The minimum atomic E-state index is -1.19. The van der Waals surface area contributed by atoms with Gasteiger partial charge in [0.25, 0.3) is 0 Å². The van der Waals surface area contributed by atoms with Crippen molar-refractivity contribution in [3.63, 3.8) is 0 Å². The second-order valence-electron chi connectivity index (χ2n) is 8.26. The number of aromatic nitrogens is 1. The van der Waals surface area contributed by atoms with E-state index in [9.17, 15) is 19.8 Å². The molecule has 7 heteroatoms. The van der Waals surface area contributed by atoms with Gasteiger partial charge in [0.1, 0.15) is 23.9 Å². The maximum Gasteiger partial charge on any atom is 0.407 e. The third kappa shape index (κ3) is 4.03. The molecular formula is C27H22N2O5. The Morgan fingerprint density at radius 3 is 2.32 bits per heavy atom. The number of carboxylic acid groups (broad SMARTS) is 1. The van der Waals surface area contributed by atoms with E-state index in [0.717, 1.165) is 22.3 Å². The zero-order valence-electron chi connectivity index (χ0n) is 18.1. The Morgan fingerprint density at radius 2 is 1.65 bits per heavy atom. The molecule has 1 atom stereocenters. The van der Waals surface area contributed by atoms with Crippen LogP contribution in [0, 0.1) is 0 Å². The van der Waals surface area contributed by atoms with Gasteiger partial charge in [-0.3, -0.25) is 4.98 Å². The van der Waals surface area contributed by atoms with Gasteiger partial charge in [-0.05, 0) is 39.9 Å². The molecule has 0 bridgehead atoms. The minimum Gasteiger partial charge on any atom is -0.506 e. The van der Waals surface area contributed by atoms with Crippen molar-refractivity contribution in [1.82, 2.24) is 10.3 Å². The monoisotopic (exact) mass is 454 g/mol. The van der Waals surface area contributed by atoms with Gasteiger partial charge in [0.15, 0.2) is 0 Å². The molecule has 3 N–H and O–H groups in total. The second kappa shape index (κ2) is 8.86. The molecule has 1 aliphatic carbocycles. The molecule has 1 aliphatic rings. The summed E-state index contributed by atoms with van der Waals surface area (Å²) in [4.78, 5) is 28.6. The fraction of sp³-hybridized carbons (Fsp3) is 0.148. The van der Waals surface area contributed by atoms with E-state index in [0.29, 0.717) is 16.5 Å². The summed E-state index contributed by atoms with van der Waals surface area (Å²) >= 11 is 0. The minimum absolute atomic E-state index is 0.0259. The van der Waals surface area contributed by atoms with Crippen LogP contribution in [-0.4, -0.2) is 39.9 Å². The molecule has 1 unspecified atom stereocenters. The highest BCUT2D eigenvalue weighted by molar-refractivity contribution is 5.85. The highest BCUT2D eigenvalue weighted by atomic mass is 16.5. The Kier molecular flexibility index (Phi) is 5.59. The largest absolute Gasteiger partial charge is 0.506 e. The molecule has 0 radical (unpaired) electrons. The maximum atomic E-state index is 12.5. The number of rotatable bonds is 6. The van der Waals surface area contributed by atoms with Crippen LogP contribution in [-0.2, 0) is 16.0 Å². The number of alkyl carbamates (subject to hydrolysis) is 1. The van der Waals surface area contributed by atoms with Crippen LogP contribution in [0.1, 0.15) is 22.6 Å². The molecule has 7 nitrogen and oxygen atoms in total. The molecule has 5 rings (SSSR count). The third-order valence-corrected chi connectivity index (χ3v) is 6.12. The van der Waals surface area contributed by atoms with E-state index in [1.165, 1.54) is 12.3 Å². The average Bonchev–Trinajstić information content (AvgIpc) is 3.16.